The zero-order chi connectivity index (χ0) is 19.1. The summed E-state index contributed by atoms with van der Waals surface area (Å²) in [6.07, 6.45) is 2.79. The van der Waals surface area contributed by atoms with Crippen molar-refractivity contribution < 1.29 is 10.2 Å². The molecule has 142 valence electrons. The molecule has 0 fully saturated rings. The van der Waals surface area contributed by atoms with Crippen LogP contribution in [0.25, 0.3) is 10.9 Å². The largest absolute Gasteiger partial charge is 0.504 e. The quantitative estimate of drug-likeness (QED) is 0.294. The fraction of sp³-hybridized carbons (Fsp3) is 0.286. The highest BCUT2D eigenvalue weighted by molar-refractivity contribution is 5.90. The summed E-state index contributed by atoms with van der Waals surface area (Å²) in [5.74, 6) is -0.228. The number of nitrogens with one attached hydrogen (secondary N) is 3. The van der Waals surface area contributed by atoms with Crippen LogP contribution in [0, 0.1) is 0 Å². The Balaban J connectivity index is 1.38. The van der Waals surface area contributed by atoms with Crippen LogP contribution in [-0.2, 0) is 0 Å². The van der Waals surface area contributed by atoms with Crippen molar-refractivity contribution in [2.45, 2.75) is 19.4 Å². The van der Waals surface area contributed by atoms with Gasteiger partial charge in [-0.25, -0.2) is 0 Å². The summed E-state index contributed by atoms with van der Waals surface area (Å²) in [5, 5.41) is 30.4. The smallest absolute Gasteiger partial charge is 0.181 e. The molecule has 1 aromatic heterocycles. The second kappa shape index (κ2) is 9.09. The van der Waals surface area contributed by atoms with Gasteiger partial charge >= 0.3 is 0 Å². The predicted octanol–water partition coefficient (Wildman–Crippen LogP) is 3.54. The van der Waals surface area contributed by atoms with Gasteiger partial charge in [-0.05, 0) is 37.6 Å². The standard InChI is InChI=1S/C21H26N4O2/c1-15(22-13-14-24-18-8-3-9-19(26)21(18)27)10-12-23-17-7-2-5-16-6-4-11-25-20(16)17/h2-9,11,15,22-24,26-27H,10,12-14H2,1H3. The molecule has 0 aliphatic carbocycles. The number of rotatable bonds is 9. The Kier molecular flexibility index (Phi) is 6.33. The summed E-state index contributed by atoms with van der Waals surface area (Å²) < 4.78 is 0. The number of fused-ring (bicyclic) bond motifs is 1. The molecular formula is C21H26N4O2. The van der Waals surface area contributed by atoms with E-state index in [1.807, 2.05) is 18.3 Å². The van der Waals surface area contributed by atoms with Gasteiger partial charge in [0.05, 0.1) is 16.9 Å². The molecule has 1 unspecified atom stereocenters. The third-order valence-electron chi connectivity index (χ3n) is 4.47. The first kappa shape index (κ1) is 18.8. The first-order valence-electron chi connectivity index (χ1n) is 9.21. The number of hydrogen-bond donors (Lipinski definition) is 5. The highest BCUT2D eigenvalue weighted by Gasteiger charge is 2.06. The van der Waals surface area contributed by atoms with E-state index < -0.39 is 0 Å². The molecule has 0 saturated carbocycles. The molecule has 0 aliphatic heterocycles. The van der Waals surface area contributed by atoms with Gasteiger partial charge in [-0.2, -0.15) is 0 Å². The van der Waals surface area contributed by atoms with Crippen LogP contribution in [0.3, 0.4) is 0 Å². The second-order valence-corrected chi connectivity index (χ2v) is 6.55. The van der Waals surface area contributed by atoms with Crippen LogP contribution in [0.4, 0.5) is 11.4 Å². The summed E-state index contributed by atoms with van der Waals surface area (Å²) in [6.45, 7) is 4.41. The van der Waals surface area contributed by atoms with Crippen LogP contribution in [0.15, 0.2) is 54.7 Å². The number of nitrogens with zero attached hydrogens (tertiary/aromatic N) is 1. The van der Waals surface area contributed by atoms with Crippen molar-refractivity contribution in [3.8, 4) is 11.5 Å². The van der Waals surface area contributed by atoms with Gasteiger partial charge < -0.3 is 26.2 Å². The lowest BCUT2D eigenvalue weighted by Crippen LogP contribution is -2.32. The first-order valence-corrected chi connectivity index (χ1v) is 9.21. The topological polar surface area (TPSA) is 89.4 Å². The SMILES string of the molecule is CC(CCNc1cccc2cccnc12)NCCNc1cccc(O)c1O. The number of anilines is 2. The Labute approximate surface area is 159 Å². The third kappa shape index (κ3) is 5.01. The third-order valence-corrected chi connectivity index (χ3v) is 4.47. The Morgan fingerprint density at radius 2 is 1.63 bits per heavy atom. The van der Waals surface area contributed by atoms with Gasteiger partial charge in [0.2, 0.25) is 0 Å². The average molecular weight is 366 g/mol. The summed E-state index contributed by atoms with van der Waals surface area (Å²) in [4.78, 5) is 4.46. The molecule has 1 atom stereocenters. The van der Waals surface area contributed by atoms with E-state index in [0.29, 0.717) is 18.3 Å². The number of para-hydroxylation sites is 2. The van der Waals surface area contributed by atoms with Gasteiger partial charge in [-0.1, -0.05) is 24.3 Å². The van der Waals surface area contributed by atoms with Gasteiger partial charge in [-0.15, -0.1) is 0 Å². The van der Waals surface area contributed by atoms with Crippen LogP contribution >= 0.6 is 0 Å². The Hall–Kier alpha value is -2.99. The number of aromatic nitrogens is 1. The summed E-state index contributed by atoms with van der Waals surface area (Å²) in [6, 6.07) is 15.4. The van der Waals surface area contributed by atoms with Crippen molar-refractivity contribution in [2.75, 3.05) is 30.3 Å². The highest BCUT2D eigenvalue weighted by atomic mass is 16.3. The van der Waals surface area contributed by atoms with Gasteiger partial charge in [-0.3, -0.25) is 4.98 Å². The maximum Gasteiger partial charge on any atom is 0.181 e. The van der Waals surface area contributed by atoms with Crippen LogP contribution in [0.5, 0.6) is 11.5 Å². The zero-order valence-electron chi connectivity index (χ0n) is 15.4. The molecule has 1 heterocycles. The Morgan fingerprint density at radius 1 is 0.889 bits per heavy atom. The molecule has 5 N–H and O–H groups in total. The molecule has 0 amide bonds. The molecule has 27 heavy (non-hydrogen) atoms. The van der Waals surface area contributed by atoms with Crippen molar-refractivity contribution in [1.29, 1.82) is 0 Å². The van der Waals surface area contributed by atoms with E-state index in [2.05, 4.69) is 46.1 Å². The average Bonchev–Trinajstić information content (AvgIpc) is 2.68. The van der Waals surface area contributed by atoms with E-state index in [4.69, 9.17) is 0 Å². The van der Waals surface area contributed by atoms with E-state index in [1.54, 1.807) is 12.1 Å². The number of benzene rings is 2. The molecule has 3 aromatic rings. The van der Waals surface area contributed by atoms with E-state index in [-0.39, 0.29) is 11.5 Å². The van der Waals surface area contributed by atoms with Crippen LogP contribution < -0.4 is 16.0 Å². The molecule has 6 heteroatoms. The monoisotopic (exact) mass is 366 g/mol. The molecule has 0 bridgehead atoms. The van der Waals surface area contributed by atoms with Crippen LogP contribution in [0.1, 0.15) is 13.3 Å². The molecule has 3 rings (SSSR count). The van der Waals surface area contributed by atoms with Crippen molar-refractivity contribution in [3.63, 3.8) is 0 Å². The van der Waals surface area contributed by atoms with E-state index in [9.17, 15) is 10.2 Å². The van der Waals surface area contributed by atoms with Gasteiger partial charge in [0.25, 0.3) is 0 Å². The van der Waals surface area contributed by atoms with Crippen molar-refractivity contribution in [3.05, 3.63) is 54.7 Å². The molecule has 0 aliphatic rings. The highest BCUT2D eigenvalue weighted by Crippen LogP contribution is 2.32. The number of hydrogen-bond acceptors (Lipinski definition) is 6. The number of pyridine rings is 1. The predicted molar refractivity (Wildman–Crippen MR) is 111 cm³/mol. The normalized spacial score (nSPS) is 12.0. The minimum atomic E-state index is -0.115. The van der Waals surface area contributed by atoms with Crippen LogP contribution in [-0.4, -0.2) is 40.9 Å². The fourth-order valence-corrected chi connectivity index (χ4v) is 2.96. The number of phenolic OH excluding ortho intramolecular Hbond substituents is 2. The zero-order valence-corrected chi connectivity index (χ0v) is 15.4. The van der Waals surface area contributed by atoms with Gasteiger partial charge in [0.1, 0.15) is 0 Å². The lowest BCUT2D eigenvalue weighted by atomic mass is 10.2. The lowest BCUT2D eigenvalue weighted by Gasteiger charge is -2.16. The Morgan fingerprint density at radius 3 is 2.52 bits per heavy atom. The van der Waals surface area contributed by atoms with Crippen molar-refractivity contribution >= 4 is 22.3 Å². The Bertz CT molecular complexity index is 880. The summed E-state index contributed by atoms with van der Waals surface area (Å²) in [7, 11) is 0. The molecule has 0 spiro atoms. The maximum absolute atomic E-state index is 9.76. The minimum Gasteiger partial charge on any atom is -0.504 e. The molecular weight excluding hydrogens is 340 g/mol. The molecule has 0 saturated heterocycles. The summed E-state index contributed by atoms with van der Waals surface area (Å²) >= 11 is 0. The number of aromatic hydroxyl groups is 2. The van der Waals surface area contributed by atoms with Gasteiger partial charge in [0.15, 0.2) is 11.5 Å². The number of phenols is 2. The minimum absolute atomic E-state index is 0.113. The van der Waals surface area contributed by atoms with Crippen LogP contribution in [0.2, 0.25) is 0 Å². The van der Waals surface area contributed by atoms with E-state index >= 15 is 0 Å². The van der Waals surface area contributed by atoms with E-state index in [0.717, 1.165) is 36.1 Å². The fourth-order valence-electron chi connectivity index (χ4n) is 2.96. The first-order chi connectivity index (χ1) is 13.1. The molecule has 6 nitrogen and oxygen atoms in total. The maximum atomic E-state index is 9.76. The second-order valence-electron chi connectivity index (χ2n) is 6.55. The van der Waals surface area contributed by atoms with Crippen molar-refractivity contribution in [2.24, 2.45) is 0 Å². The van der Waals surface area contributed by atoms with Gasteiger partial charge in [0, 0.05) is 37.3 Å². The lowest BCUT2D eigenvalue weighted by molar-refractivity contribution is 0.405. The van der Waals surface area contributed by atoms with Crippen molar-refractivity contribution in [1.82, 2.24) is 10.3 Å². The summed E-state index contributed by atoms with van der Waals surface area (Å²) in [5.41, 5.74) is 2.59. The molecule has 2 aromatic carbocycles. The van der Waals surface area contributed by atoms with E-state index in [1.165, 1.54) is 6.07 Å². The molecule has 0 radical (unpaired) electrons.